The van der Waals surface area contributed by atoms with E-state index in [0.717, 1.165) is 26.5 Å². The maximum Gasteiger partial charge on any atom is 0.230 e. The van der Waals surface area contributed by atoms with Gasteiger partial charge in [-0.3, -0.25) is 4.79 Å². The molecule has 0 unspecified atom stereocenters. The number of para-hydroxylation sites is 3. The maximum absolute atomic E-state index is 13.5. The molecule has 0 radical (unpaired) electrons. The van der Waals surface area contributed by atoms with Gasteiger partial charge in [0.05, 0.1) is 27.2 Å². The van der Waals surface area contributed by atoms with E-state index in [0.29, 0.717) is 25.3 Å². The van der Waals surface area contributed by atoms with Gasteiger partial charge < -0.3 is 14.8 Å². The van der Waals surface area contributed by atoms with Gasteiger partial charge in [-0.15, -0.1) is 11.3 Å². The first-order chi connectivity index (χ1) is 15.6. The third kappa shape index (κ3) is 4.06. The third-order valence-corrected chi connectivity index (χ3v) is 6.85. The molecule has 5 rings (SSSR count). The van der Waals surface area contributed by atoms with Crippen LogP contribution in [-0.4, -0.2) is 30.1 Å². The summed E-state index contributed by atoms with van der Waals surface area (Å²) in [5, 5.41) is 4.05. The fourth-order valence-corrected chi connectivity index (χ4v) is 5.11. The molecule has 1 aliphatic heterocycles. The number of aromatic nitrogens is 1. The van der Waals surface area contributed by atoms with E-state index in [1.807, 2.05) is 79.7 Å². The Morgan fingerprint density at radius 2 is 1.75 bits per heavy atom. The first-order valence-electron chi connectivity index (χ1n) is 10.7. The Bertz CT molecular complexity index is 1210. The summed E-state index contributed by atoms with van der Waals surface area (Å²) in [4.78, 5) is 18.3. The van der Waals surface area contributed by atoms with Gasteiger partial charge in [0.2, 0.25) is 5.91 Å². The lowest BCUT2D eigenvalue weighted by Crippen LogP contribution is -2.48. The van der Waals surface area contributed by atoms with E-state index in [9.17, 15) is 4.79 Å². The molecule has 1 N–H and O–H groups in total. The summed E-state index contributed by atoms with van der Waals surface area (Å²) in [6.07, 6.45) is 0.281. The normalized spacial score (nSPS) is 17.0. The van der Waals surface area contributed by atoms with Crippen LogP contribution in [0.4, 0.5) is 0 Å². The van der Waals surface area contributed by atoms with Crippen LogP contribution in [-0.2, 0) is 16.6 Å². The van der Waals surface area contributed by atoms with Crippen LogP contribution in [0.5, 0.6) is 11.5 Å². The lowest BCUT2D eigenvalue weighted by molar-refractivity contribution is -0.126. The van der Waals surface area contributed by atoms with E-state index in [1.54, 1.807) is 11.3 Å². The lowest BCUT2D eigenvalue weighted by atomic mass is 9.78. The minimum absolute atomic E-state index is 0.0505. The molecule has 6 heteroatoms. The standard InChI is InChI=1S/C26H24N2O3S/c1-26(18-9-3-2-4-10-18,15-24-28-20-11-5-8-14-23(20)32-24)25(29)27-16-19-17-30-21-12-6-7-13-22(21)31-19/h2-14,19H,15-17H2,1H3,(H,27,29)/t19-,26+/m1/s1. The Morgan fingerprint density at radius 3 is 2.56 bits per heavy atom. The molecule has 0 fully saturated rings. The van der Waals surface area contributed by atoms with Crippen LogP contribution in [0.3, 0.4) is 0 Å². The largest absolute Gasteiger partial charge is 0.486 e. The Labute approximate surface area is 191 Å². The van der Waals surface area contributed by atoms with E-state index in [2.05, 4.69) is 11.4 Å². The monoisotopic (exact) mass is 444 g/mol. The maximum atomic E-state index is 13.5. The number of nitrogens with zero attached hydrogens (tertiary/aromatic N) is 1. The number of nitrogens with one attached hydrogen (secondary N) is 1. The van der Waals surface area contributed by atoms with Crippen LogP contribution < -0.4 is 14.8 Å². The van der Waals surface area contributed by atoms with Gasteiger partial charge >= 0.3 is 0 Å². The number of thiazole rings is 1. The van der Waals surface area contributed by atoms with E-state index >= 15 is 0 Å². The Hall–Kier alpha value is -3.38. The van der Waals surface area contributed by atoms with Crippen molar-refractivity contribution >= 4 is 27.5 Å². The number of carbonyl (C=O) groups is 1. The second kappa shape index (κ2) is 8.63. The number of amides is 1. The van der Waals surface area contributed by atoms with Crippen LogP contribution in [0.2, 0.25) is 0 Å². The number of hydrogen-bond donors (Lipinski definition) is 1. The molecule has 1 aromatic heterocycles. The number of carbonyl (C=O) groups excluding carboxylic acids is 1. The second-order valence-corrected chi connectivity index (χ2v) is 9.27. The average molecular weight is 445 g/mol. The van der Waals surface area contributed by atoms with E-state index in [4.69, 9.17) is 14.5 Å². The van der Waals surface area contributed by atoms with Gasteiger partial charge in [-0.25, -0.2) is 4.98 Å². The highest BCUT2D eigenvalue weighted by Gasteiger charge is 2.37. The van der Waals surface area contributed by atoms with Gasteiger partial charge in [-0.1, -0.05) is 54.6 Å². The van der Waals surface area contributed by atoms with Gasteiger partial charge in [0, 0.05) is 6.42 Å². The molecule has 4 aromatic rings. The number of hydrogen-bond acceptors (Lipinski definition) is 5. The predicted octanol–water partition coefficient (Wildman–Crippen LogP) is 4.75. The predicted molar refractivity (Wildman–Crippen MR) is 126 cm³/mol. The molecule has 3 aromatic carbocycles. The van der Waals surface area contributed by atoms with Crippen LogP contribution >= 0.6 is 11.3 Å². The van der Waals surface area contributed by atoms with Crippen LogP contribution in [0.1, 0.15) is 17.5 Å². The molecule has 0 spiro atoms. The summed E-state index contributed by atoms with van der Waals surface area (Å²) < 4.78 is 12.9. The number of rotatable bonds is 6. The van der Waals surface area contributed by atoms with E-state index in [1.165, 1.54) is 0 Å². The first kappa shape index (κ1) is 20.5. The first-order valence-corrected chi connectivity index (χ1v) is 11.5. The SMILES string of the molecule is C[C@@](Cc1nc2ccccc2s1)(C(=O)NC[C@@H]1COc2ccccc2O1)c1ccccc1. The van der Waals surface area contributed by atoms with Crippen molar-refractivity contribution in [1.82, 2.24) is 10.3 Å². The molecule has 2 heterocycles. The number of ether oxygens (including phenoxy) is 2. The molecule has 0 saturated heterocycles. The quantitative estimate of drug-likeness (QED) is 0.466. The molecule has 0 bridgehead atoms. The molecule has 32 heavy (non-hydrogen) atoms. The van der Waals surface area contributed by atoms with Crippen LogP contribution in [0.25, 0.3) is 10.2 Å². The minimum Gasteiger partial charge on any atom is -0.486 e. The molecular formula is C26H24N2O3S. The molecule has 5 nitrogen and oxygen atoms in total. The summed E-state index contributed by atoms with van der Waals surface area (Å²) >= 11 is 1.64. The summed E-state index contributed by atoms with van der Waals surface area (Å²) in [6, 6.07) is 25.6. The highest BCUT2D eigenvalue weighted by atomic mass is 32.1. The van der Waals surface area contributed by atoms with Crippen molar-refractivity contribution in [2.75, 3.05) is 13.2 Å². The summed E-state index contributed by atoms with van der Waals surface area (Å²) in [7, 11) is 0. The molecule has 1 amide bonds. The Morgan fingerprint density at radius 1 is 1.03 bits per heavy atom. The topological polar surface area (TPSA) is 60.5 Å². The summed E-state index contributed by atoms with van der Waals surface area (Å²) in [5.74, 6) is 1.39. The second-order valence-electron chi connectivity index (χ2n) is 8.16. The molecule has 0 aliphatic carbocycles. The van der Waals surface area contributed by atoms with Gasteiger partial charge in [-0.05, 0) is 36.8 Å². The zero-order valence-electron chi connectivity index (χ0n) is 17.8. The average Bonchev–Trinajstić information content (AvgIpc) is 3.25. The number of fused-ring (bicyclic) bond motifs is 2. The highest BCUT2D eigenvalue weighted by Crippen LogP contribution is 2.33. The van der Waals surface area contributed by atoms with Crippen molar-refractivity contribution in [3.63, 3.8) is 0 Å². The zero-order valence-corrected chi connectivity index (χ0v) is 18.6. The third-order valence-electron chi connectivity index (χ3n) is 5.81. The summed E-state index contributed by atoms with van der Waals surface area (Å²) in [5.41, 5.74) is 1.17. The smallest absolute Gasteiger partial charge is 0.230 e. The van der Waals surface area contributed by atoms with E-state index < -0.39 is 5.41 Å². The Kier molecular flexibility index (Phi) is 5.53. The van der Waals surface area contributed by atoms with Crippen LogP contribution in [0.15, 0.2) is 78.9 Å². The Balaban J connectivity index is 1.35. The molecule has 0 saturated carbocycles. The minimum atomic E-state index is -0.761. The van der Waals surface area contributed by atoms with Gasteiger partial charge in [0.25, 0.3) is 0 Å². The molecular weight excluding hydrogens is 420 g/mol. The molecule has 2 atom stereocenters. The van der Waals surface area contributed by atoms with Crippen molar-refractivity contribution in [3.05, 3.63) is 89.4 Å². The molecule has 1 aliphatic rings. The van der Waals surface area contributed by atoms with Crippen molar-refractivity contribution < 1.29 is 14.3 Å². The number of benzene rings is 3. The summed E-state index contributed by atoms with van der Waals surface area (Å²) in [6.45, 7) is 2.75. The zero-order chi connectivity index (χ0) is 22.0. The van der Waals surface area contributed by atoms with Crippen molar-refractivity contribution in [1.29, 1.82) is 0 Å². The van der Waals surface area contributed by atoms with Gasteiger partial charge in [-0.2, -0.15) is 0 Å². The van der Waals surface area contributed by atoms with Crippen molar-refractivity contribution in [2.45, 2.75) is 24.9 Å². The highest BCUT2D eigenvalue weighted by molar-refractivity contribution is 7.18. The van der Waals surface area contributed by atoms with Gasteiger partial charge in [0.15, 0.2) is 11.5 Å². The lowest BCUT2D eigenvalue weighted by Gasteiger charge is -2.31. The fraction of sp³-hybridized carbons (Fsp3) is 0.231. The molecule has 162 valence electrons. The fourth-order valence-electron chi connectivity index (χ4n) is 3.98. The van der Waals surface area contributed by atoms with Gasteiger partial charge in [0.1, 0.15) is 12.7 Å². The van der Waals surface area contributed by atoms with Crippen molar-refractivity contribution in [2.24, 2.45) is 0 Å². The van der Waals surface area contributed by atoms with E-state index in [-0.39, 0.29) is 12.0 Å². The van der Waals surface area contributed by atoms with Crippen molar-refractivity contribution in [3.8, 4) is 11.5 Å². The van der Waals surface area contributed by atoms with Crippen LogP contribution in [0, 0.1) is 0 Å².